The topological polar surface area (TPSA) is 62.7 Å². The van der Waals surface area contributed by atoms with E-state index < -0.39 is 5.97 Å². The maximum Gasteiger partial charge on any atom is 0.303 e. The summed E-state index contributed by atoms with van der Waals surface area (Å²) in [4.78, 5) is 18.4. The molecule has 1 N–H and O–H groups in total. The van der Waals surface area contributed by atoms with Crippen LogP contribution in [-0.4, -0.2) is 47.7 Å². The van der Waals surface area contributed by atoms with Gasteiger partial charge in [-0.3, -0.25) is 14.7 Å². The second-order valence-electron chi connectivity index (χ2n) is 9.93. The second-order valence-corrected chi connectivity index (χ2v) is 10.3. The van der Waals surface area contributed by atoms with E-state index in [1.165, 1.54) is 6.07 Å². The SMILES string of the molecule is COc1ccc2ncc(Cl)c(CCCC3(CC(=O)O)CCN(CC#Cc4ccc(C)c(F)c4)CC3)c2c1. The van der Waals surface area contributed by atoms with Gasteiger partial charge in [-0.25, -0.2) is 4.39 Å². The molecule has 37 heavy (non-hydrogen) atoms. The number of likely N-dealkylation sites (tertiary alicyclic amines) is 1. The number of halogens is 2. The zero-order valence-electron chi connectivity index (χ0n) is 21.3. The molecule has 3 aromatic rings. The molecule has 0 radical (unpaired) electrons. The number of methoxy groups -OCH3 is 1. The van der Waals surface area contributed by atoms with Crippen molar-refractivity contribution < 1.29 is 19.0 Å². The number of fused-ring (bicyclic) bond motifs is 1. The highest BCUT2D eigenvalue weighted by molar-refractivity contribution is 6.32. The van der Waals surface area contributed by atoms with E-state index >= 15 is 0 Å². The monoisotopic (exact) mass is 522 g/mol. The highest BCUT2D eigenvalue weighted by Crippen LogP contribution is 2.40. The minimum atomic E-state index is -0.758. The molecule has 0 spiro atoms. The Labute approximate surface area is 222 Å². The van der Waals surface area contributed by atoms with Crippen LogP contribution in [0.15, 0.2) is 42.6 Å². The van der Waals surface area contributed by atoms with Crippen molar-refractivity contribution in [3.63, 3.8) is 0 Å². The fraction of sp³-hybridized carbons (Fsp3) is 0.400. The molecule has 2 heterocycles. The molecule has 4 rings (SSSR count). The standard InChI is InChI=1S/C30H32ClFN2O3/c1-21-7-8-22(17-27(21)32)5-4-14-34-15-12-30(13-16-34,19-29(35)36)11-3-6-24-25-18-23(37-2)9-10-28(25)33-20-26(24)31/h7-10,17-18,20H,3,6,11-16,19H2,1-2H3,(H,35,36). The molecular weight excluding hydrogens is 491 g/mol. The van der Waals surface area contributed by atoms with Crippen LogP contribution in [0.2, 0.25) is 5.02 Å². The lowest BCUT2D eigenvalue weighted by molar-refractivity contribution is -0.140. The van der Waals surface area contributed by atoms with Crippen LogP contribution < -0.4 is 4.74 Å². The number of pyridine rings is 1. The summed E-state index contributed by atoms with van der Waals surface area (Å²) in [6, 6.07) is 10.8. The van der Waals surface area contributed by atoms with E-state index in [0.717, 1.165) is 67.4 Å². The largest absolute Gasteiger partial charge is 0.497 e. The summed E-state index contributed by atoms with van der Waals surface area (Å²) in [6.07, 6.45) is 5.84. The van der Waals surface area contributed by atoms with Crippen LogP contribution in [-0.2, 0) is 11.2 Å². The van der Waals surface area contributed by atoms with Gasteiger partial charge < -0.3 is 9.84 Å². The molecule has 0 unspecified atom stereocenters. The van der Waals surface area contributed by atoms with Crippen LogP contribution in [0.5, 0.6) is 5.75 Å². The molecule has 1 saturated heterocycles. The predicted octanol–water partition coefficient (Wildman–Crippen LogP) is 6.28. The van der Waals surface area contributed by atoms with Gasteiger partial charge >= 0.3 is 5.97 Å². The first-order valence-corrected chi connectivity index (χ1v) is 13.0. The summed E-state index contributed by atoms with van der Waals surface area (Å²) >= 11 is 6.53. The van der Waals surface area contributed by atoms with E-state index in [4.69, 9.17) is 16.3 Å². The molecule has 1 aliphatic rings. The number of carboxylic acid groups (broad SMARTS) is 1. The minimum Gasteiger partial charge on any atom is -0.497 e. The van der Waals surface area contributed by atoms with Crippen molar-refractivity contribution in [2.75, 3.05) is 26.7 Å². The smallest absolute Gasteiger partial charge is 0.303 e. The number of aromatic nitrogens is 1. The minimum absolute atomic E-state index is 0.161. The Morgan fingerprint density at radius 1 is 1.24 bits per heavy atom. The maximum absolute atomic E-state index is 13.8. The Hall–Kier alpha value is -3.14. The molecular formula is C30H32ClFN2O3. The zero-order valence-corrected chi connectivity index (χ0v) is 22.1. The van der Waals surface area contributed by atoms with Gasteiger partial charge in [0, 0.05) is 17.1 Å². The number of carbonyl (C=O) groups is 1. The van der Waals surface area contributed by atoms with E-state index in [9.17, 15) is 14.3 Å². The molecule has 7 heteroatoms. The lowest BCUT2D eigenvalue weighted by Crippen LogP contribution is -2.41. The number of ether oxygens (including phenoxy) is 1. The van der Waals surface area contributed by atoms with Crippen molar-refractivity contribution in [2.45, 2.75) is 45.4 Å². The molecule has 1 aromatic heterocycles. The highest BCUT2D eigenvalue weighted by Gasteiger charge is 2.36. The molecule has 5 nitrogen and oxygen atoms in total. The fourth-order valence-electron chi connectivity index (χ4n) is 5.17. The average Bonchev–Trinajstić information content (AvgIpc) is 2.88. The molecule has 1 fully saturated rings. The van der Waals surface area contributed by atoms with Crippen molar-refractivity contribution in [1.82, 2.24) is 9.88 Å². The third kappa shape index (κ3) is 6.80. The number of nitrogens with zero attached hydrogens (tertiary/aromatic N) is 2. The van der Waals surface area contributed by atoms with Crippen molar-refractivity contribution in [2.24, 2.45) is 5.41 Å². The molecule has 0 aliphatic carbocycles. The van der Waals surface area contributed by atoms with Gasteiger partial charge in [0.05, 0.1) is 30.6 Å². The number of piperidine rings is 1. The van der Waals surface area contributed by atoms with Crippen molar-refractivity contribution in [1.29, 1.82) is 0 Å². The Kier molecular flexibility index (Phi) is 8.68. The number of benzene rings is 2. The summed E-state index contributed by atoms with van der Waals surface area (Å²) in [6.45, 7) is 3.90. The highest BCUT2D eigenvalue weighted by atomic mass is 35.5. The second kappa shape index (κ2) is 11.9. The van der Waals surface area contributed by atoms with Crippen molar-refractivity contribution in [3.05, 3.63) is 70.1 Å². The summed E-state index contributed by atoms with van der Waals surface area (Å²) < 4.78 is 19.1. The van der Waals surface area contributed by atoms with Gasteiger partial charge in [0.1, 0.15) is 11.6 Å². The van der Waals surface area contributed by atoms with Crippen LogP contribution in [0.3, 0.4) is 0 Å². The first-order chi connectivity index (χ1) is 17.8. The van der Waals surface area contributed by atoms with E-state index in [1.807, 2.05) is 24.3 Å². The van der Waals surface area contributed by atoms with Crippen LogP contribution in [0.25, 0.3) is 10.9 Å². The van der Waals surface area contributed by atoms with Crippen LogP contribution >= 0.6 is 11.6 Å². The average molecular weight is 523 g/mol. The maximum atomic E-state index is 13.8. The van der Waals surface area contributed by atoms with Crippen molar-refractivity contribution in [3.8, 4) is 17.6 Å². The molecule has 0 amide bonds. The summed E-state index contributed by atoms with van der Waals surface area (Å²) in [5.74, 6) is 5.94. The molecule has 194 valence electrons. The van der Waals surface area contributed by atoms with Gasteiger partial charge in [-0.2, -0.15) is 0 Å². The number of hydrogen-bond acceptors (Lipinski definition) is 4. The quantitative estimate of drug-likeness (QED) is 0.353. The Morgan fingerprint density at radius 2 is 2.03 bits per heavy atom. The number of carboxylic acids is 1. The van der Waals surface area contributed by atoms with Gasteiger partial charge in [-0.05, 0) is 99.0 Å². The van der Waals surface area contributed by atoms with E-state index in [2.05, 4.69) is 21.7 Å². The number of aryl methyl sites for hydroxylation is 2. The zero-order chi connectivity index (χ0) is 26.4. The predicted molar refractivity (Wildman–Crippen MR) is 145 cm³/mol. The number of rotatable bonds is 8. The number of hydrogen-bond donors (Lipinski definition) is 1. The molecule has 1 aliphatic heterocycles. The van der Waals surface area contributed by atoms with E-state index in [0.29, 0.717) is 22.7 Å². The lowest BCUT2D eigenvalue weighted by Gasteiger charge is -2.40. The fourth-order valence-corrected chi connectivity index (χ4v) is 5.41. The van der Waals surface area contributed by atoms with E-state index in [1.54, 1.807) is 26.3 Å². The lowest BCUT2D eigenvalue weighted by atomic mass is 9.72. The third-order valence-electron chi connectivity index (χ3n) is 7.42. The molecule has 0 saturated carbocycles. The molecule has 0 atom stereocenters. The van der Waals surface area contributed by atoms with Gasteiger partial charge in [0.25, 0.3) is 0 Å². The van der Waals surface area contributed by atoms with Gasteiger partial charge in [0.15, 0.2) is 0 Å². The Morgan fingerprint density at radius 3 is 2.73 bits per heavy atom. The normalized spacial score (nSPS) is 15.2. The van der Waals surface area contributed by atoms with Crippen LogP contribution in [0.4, 0.5) is 4.39 Å². The van der Waals surface area contributed by atoms with Gasteiger partial charge in [-0.15, -0.1) is 0 Å². The molecule has 0 bridgehead atoms. The van der Waals surface area contributed by atoms with Crippen molar-refractivity contribution >= 4 is 28.5 Å². The van der Waals surface area contributed by atoms with Crippen LogP contribution in [0, 0.1) is 30.0 Å². The van der Waals surface area contributed by atoms with Crippen LogP contribution in [0.1, 0.15) is 48.8 Å². The first-order valence-electron chi connectivity index (χ1n) is 12.6. The molecule has 2 aromatic carbocycles. The number of aliphatic carboxylic acids is 1. The van der Waals surface area contributed by atoms with Gasteiger partial charge in [0.2, 0.25) is 0 Å². The Balaban J connectivity index is 1.38. The first kappa shape index (κ1) is 26.9. The summed E-state index contributed by atoms with van der Waals surface area (Å²) in [7, 11) is 1.63. The third-order valence-corrected chi connectivity index (χ3v) is 7.74. The summed E-state index contributed by atoms with van der Waals surface area (Å²) in [5, 5.41) is 11.2. The summed E-state index contributed by atoms with van der Waals surface area (Å²) in [5.41, 5.74) is 2.92. The van der Waals surface area contributed by atoms with E-state index in [-0.39, 0.29) is 17.7 Å². The Bertz CT molecular complexity index is 1340. The van der Waals surface area contributed by atoms with Gasteiger partial charge in [-0.1, -0.05) is 29.5 Å².